The van der Waals surface area contributed by atoms with Gasteiger partial charge in [-0.3, -0.25) is 4.79 Å². The number of hydrogen-bond acceptors (Lipinski definition) is 4. The zero-order valence-electron chi connectivity index (χ0n) is 16.2. The third kappa shape index (κ3) is 5.88. The fourth-order valence-electron chi connectivity index (χ4n) is 2.81. The third-order valence-electron chi connectivity index (χ3n) is 4.25. The first-order chi connectivity index (χ1) is 12.9. The summed E-state index contributed by atoms with van der Waals surface area (Å²) in [6.45, 7) is 4.29. The Balaban J connectivity index is 1.83. The molecule has 0 saturated heterocycles. The van der Waals surface area contributed by atoms with Crippen LogP contribution in [-0.4, -0.2) is 26.7 Å². The first kappa shape index (κ1) is 20.6. The van der Waals surface area contributed by atoms with E-state index in [4.69, 9.17) is 14.2 Å². The summed E-state index contributed by atoms with van der Waals surface area (Å²) in [5.41, 5.74) is 1.99. The van der Waals surface area contributed by atoms with Crippen LogP contribution in [0.2, 0.25) is 0 Å². The van der Waals surface area contributed by atoms with Crippen LogP contribution in [-0.2, 0) is 4.79 Å². The Bertz CT molecular complexity index is 762. The van der Waals surface area contributed by atoms with Gasteiger partial charge in [-0.1, -0.05) is 0 Å². The van der Waals surface area contributed by atoms with E-state index in [1.165, 1.54) is 12.1 Å². The lowest BCUT2D eigenvalue weighted by molar-refractivity contribution is -0.121. The van der Waals surface area contributed by atoms with Crippen molar-refractivity contribution in [2.24, 2.45) is 0 Å². The first-order valence-electron chi connectivity index (χ1n) is 8.84. The summed E-state index contributed by atoms with van der Waals surface area (Å²) in [4.78, 5) is 12.2. The number of nitrogens with one attached hydrogen (secondary N) is 1. The van der Waals surface area contributed by atoms with Crippen molar-refractivity contribution < 1.29 is 23.4 Å². The molecular weight excluding hydrogens is 349 g/mol. The molecule has 0 bridgehead atoms. The number of ether oxygens (including phenoxy) is 3. The number of methoxy groups -OCH3 is 2. The second-order valence-corrected chi connectivity index (χ2v) is 6.26. The van der Waals surface area contributed by atoms with E-state index in [1.807, 2.05) is 26.0 Å². The van der Waals surface area contributed by atoms with E-state index < -0.39 is 0 Å². The van der Waals surface area contributed by atoms with Crippen LogP contribution < -0.4 is 19.5 Å². The van der Waals surface area contributed by atoms with E-state index in [0.29, 0.717) is 36.7 Å². The minimum Gasteiger partial charge on any atom is -0.494 e. The van der Waals surface area contributed by atoms with E-state index in [-0.39, 0.29) is 17.8 Å². The van der Waals surface area contributed by atoms with Crippen LogP contribution in [0.3, 0.4) is 0 Å². The molecule has 0 radical (unpaired) electrons. The molecule has 2 rings (SSSR count). The van der Waals surface area contributed by atoms with Gasteiger partial charge in [0.15, 0.2) is 11.5 Å². The molecule has 0 spiro atoms. The molecule has 27 heavy (non-hydrogen) atoms. The van der Waals surface area contributed by atoms with E-state index in [2.05, 4.69) is 5.32 Å². The van der Waals surface area contributed by atoms with Gasteiger partial charge in [0.05, 0.1) is 26.9 Å². The van der Waals surface area contributed by atoms with Gasteiger partial charge >= 0.3 is 0 Å². The van der Waals surface area contributed by atoms with Crippen LogP contribution in [0.15, 0.2) is 36.4 Å². The molecule has 2 aromatic carbocycles. The van der Waals surface area contributed by atoms with Gasteiger partial charge in [0, 0.05) is 6.42 Å². The highest BCUT2D eigenvalue weighted by atomic mass is 19.1. The largest absolute Gasteiger partial charge is 0.494 e. The fourth-order valence-corrected chi connectivity index (χ4v) is 2.81. The van der Waals surface area contributed by atoms with Crippen molar-refractivity contribution in [1.82, 2.24) is 5.32 Å². The summed E-state index contributed by atoms with van der Waals surface area (Å²) >= 11 is 0. The highest BCUT2D eigenvalue weighted by molar-refractivity contribution is 5.76. The Morgan fingerprint density at radius 1 is 1.11 bits per heavy atom. The average Bonchev–Trinajstić information content (AvgIpc) is 2.66. The van der Waals surface area contributed by atoms with Gasteiger partial charge in [-0.05, 0) is 67.8 Å². The molecule has 6 heteroatoms. The van der Waals surface area contributed by atoms with Crippen molar-refractivity contribution in [3.8, 4) is 17.2 Å². The zero-order valence-corrected chi connectivity index (χ0v) is 16.2. The highest BCUT2D eigenvalue weighted by Gasteiger charge is 2.15. The van der Waals surface area contributed by atoms with Crippen molar-refractivity contribution in [2.75, 3.05) is 20.8 Å². The standard InChI is InChI=1S/C21H26FNO4/c1-14-12-19(25-3)20(26-4)13-18(14)15(2)23-21(24)6-5-11-27-17-9-7-16(22)8-10-17/h7-10,12-13,15H,5-6,11H2,1-4H3,(H,23,24). The SMILES string of the molecule is COc1cc(C)c(C(C)NC(=O)CCCOc2ccc(F)cc2)cc1OC. The topological polar surface area (TPSA) is 56.8 Å². The Labute approximate surface area is 159 Å². The maximum Gasteiger partial charge on any atom is 0.220 e. The average molecular weight is 375 g/mol. The van der Waals surface area contributed by atoms with Gasteiger partial charge in [0.25, 0.3) is 0 Å². The first-order valence-corrected chi connectivity index (χ1v) is 8.84. The molecule has 1 N–H and O–H groups in total. The summed E-state index contributed by atoms with van der Waals surface area (Å²) in [5, 5.41) is 2.99. The molecule has 0 fully saturated rings. The molecule has 1 atom stereocenters. The number of carbonyl (C=O) groups is 1. The predicted molar refractivity (Wildman–Crippen MR) is 102 cm³/mol. The monoisotopic (exact) mass is 375 g/mol. The zero-order chi connectivity index (χ0) is 19.8. The van der Waals surface area contributed by atoms with Crippen LogP contribution in [0.4, 0.5) is 4.39 Å². The maximum absolute atomic E-state index is 12.8. The second kappa shape index (κ2) is 9.80. The van der Waals surface area contributed by atoms with Gasteiger partial charge in [0.2, 0.25) is 5.91 Å². The summed E-state index contributed by atoms with van der Waals surface area (Å²) in [6.07, 6.45) is 0.915. The Kier molecular flexibility index (Phi) is 7.46. The Morgan fingerprint density at radius 3 is 2.37 bits per heavy atom. The van der Waals surface area contributed by atoms with Crippen molar-refractivity contribution in [1.29, 1.82) is 0 Å². The number of rotatable bonds is 9. The number of aryl methyl sites for hydroxylation is 1. The highest BCUT2D eigenvalue weighted by Crippen LogP contribution is 2.32. The molecular formula is C21H26FNO4. The number of halogens is 1. The maximum atomic E-state index is 12.8. The van der Waals surface area contributed by atoms with Crippen molar-refractivity contribution >= 4 is 5.91 Å². The molecule has 0 aromatic heterocycles. The molecule has 5 nitrogen and oxygen atoms in total. The van der Waals surface area contributed by atoms with E-state index in [1.54, 1.807) is 26.4 Å². The second-order valence-electron chi connectivity index (χ2n) is 6.26. The number of hydrogen-bond donors (Lipinski definition) is 1. The minimum absolute atomic E-state index is 0.0561. The summed E-state index contributed by atoms with van der Waals surface area (Å²) in [6, 6.07) is 9.44. The molecule has 1 unspecified atom stereocenters. The van der Waals surface area contributed by atoms with Crippen molar-refractivity contribution in [3.63, 3.8) is 0 Å². The number of amides is 1. The summed E-state index contributed by atoms with van der Waals surface area (Å²) in [7, 11) is 3.18. The molecule has 0 aliphatic heterocycles. The van der Waals surface area contributed by atoms with Gasteiger partial charge in [-0.25, -0.2) is 4.39 Å². The van der Waals surface area contributed by atoms with Crippen LogP contribution in [0.5, 0.6) is 17.2 Å². The van der Waals surface area contributed by atoms with E-state index >= 15 is 0 Å². The van der Waals surface area contributed by atoms with Gasteiger partial charge < -0.3 is 19.5 Å². The quantitative estimate of drug-likeness (QED) is 0.668. The van der Waals surface area contributed by atoms with Crippen LogP contribution in [0, 0.1) is 12.7 Å². The summed E-state index contributed by atoms with van der Waals surface area (Å²) in [5.74, 6) is 1.52. The molecule has 146 valence electrons. The lowest BCUT2D eigenvalue weighted by Gasteiger charge is -2.19. The van der Waals surface area contributed by atoms with Crippen LogP contribution in [0.25, 0.3) is 0 Å². The van der Waals surface area contributed by atoms with Gasteiger partial charge in [-0.2, -0.15) is 0 Å². The molecule has 2 aromatic rings. The van der Waals surface area contributed by atoms with Crippen molar-refractivity contribution in [3.05, 3.63) is 53.3 Å². The Hall–Kier alpha value is -2.76. The smallest absolute Gasteiger partial charge is 0.220 e. The van der Waals surface area contributed by atoms with E-state index in [0.717, 1.165) is 11.1 Å². The van der Waals surface area contributed by atoms with Crippen molar-refractivity contribution in [2.45, 2.75) is 32.7 Å². The normalized spacial score (nSPS) is 11.6. The Morgan fingerprint density at radius 2 is 1.74 bits per heavy atom. The lowest BCUT2D eigenvalue weighted by Crippen LogP contribution is -2.27. The van der Waals surface area contributed by atoms with E-state index in [9.17, 15) is 9.18 Å². The third-order valence-corrected chi connectivity index (χ3v) is 4.25. The molecule has 1 amide bonds. The van der Waals surface area contributed by atoms with Gasteiger partial charge in [-0.15, -0.1) is 0 Å². The summed E-state index contributed by atoms with van der Waals surface area (Å²) < 4.78 is 29.0. The molecule has 0 saturated carbocycles. The van der Waals surface area contributed by atoms with Crippen LogP contribution in [0.1, 0.15) is 36.9 Å². The predicted octanol–water partition coefficient (Wildman–Crippen LogP) is 4.19. The molecule has 0 aliphatic carbocycles. The van der Waals surface area contributed by atoms with Crippen LogP contribution >= 0.6 is 0 Å². The fraction of sp³-hybridized carbons (Fsp3) is 0.381. The number of benzene rings is 2. The molecule has 0 heterocycles. The number of carbonyl (C=O) groups excluding carboxylic acids is 1. The van der Waals surface area contributed by atoms with Gasteiger partial charge in [0.1, 0.15) is 11.6 Å². The molecule has 0 aliphatic rings. The minimum atomic E-state index is -0.304. The lowest BCUT2D eigenvalue weighted by atomic mass is 10.0.